The molecule has 2 atom stereocenters. The van der Waals surface area contributed by atoms with E-state index in [-0.39, 0.29) is 6.04 Å². The Kier molecular flexibility index (Phi) is 9.01. The van der Waals surface area contributed by atoms with Crippen LogP contribution in [0.15, 0.2) is 200 Å². The number of aromatic nitrogens is 1. The van der Waals surface area contributed by atoms with Crippen molar-refractivity contribution in [1.82, 2.24) is 4.57 Å². The number of hydrogen-bond donors (Lipinski definition) is 0. The molecule has 0 spiro atoms. The topological polar surface area (TPSA) is 8.17 Å². The van der Waals surface area contributed by atoms with E-state index in [9.17, 15) is 0 Å². The molecule has 0 radical (unpaired) electrons. The third-order valence-corrected chi connectivity index (χ3v) is 11.9. The van der Waals surface area contributed by atoms with E-state index in [4.69, 9.17) is 0 Å². The molecule has 0 bridgehead atoms. The molecule has 1 heterocycles. The molecule has 1 aromatic heterocycles. The Balaban J connectivity index is 0.961. The molecule has 0 amide bonds. The Morgan fingerprint density at radius 1 is 0.446 bits per heavy atom. The minimum atomic E-state index is 0.254. The standard InChI is InChI=1S/C54H44N2/c1-4-12-39(13-5-1)41-20-22-42(23-21-41)44-26-33-49(34-27-44)55(48-31-24-43(25-32-48)40-14-6-2-7-15-40)50-35-28-45(29-36-50)46-30-37-54-52(38-46)51-18-10-11-19-53(51)56(54)47-16-8-3-9-17-47/h1-26,28-29,31-33,35-36,38,44,49H,27,30,34,37H2. The molecule has 8 aromatic rings. The molecule has 7 aromatic carbocycles. The first kappa shape index (κ1) is 33.9. The van der Waals surface area contributed by atoms with Gasteiger partial charge < -0.3 is 9.47 Å². The van der Waals surface area contributed by atoms with Crippen LogP contribution >= 0.6 is 0 Å². The fraction of sp³-hybridized carbons (Fsp3) is 0.111. The van der Waals surface area contributed by atoms with Crippen molar-refractivity contribution < 1.29 is 0 Å². The van der Waals surface area contributed by atoms with Crippen molar-refractivity contribution in [2.24, 2.45) is 0 Å². The number of hydrogen-bond acceptors (Lipinski definition) is 1. The zero-order valence-electron chi connectivity index (χ0n) is 31.5. The summed E-state index contributed by atoms with van der Waals surface area (Å²) in [5, 5.41) is 1.32. The molecular weight excluding hydrogens is 677 g/mol. The van der Waals surface area contributed by atoms with E-state index in [0.29, 0.717) is 5.92 Å². The Labute approximate surface area is 330 Å². The van der Waals surface area contributed by atoms with Gasteiger partial charge in [-0.2, -0.15) is 0 Å². The molecule has 270 valence electrons. The van der Waals surface area contributed by atoms with Crippen LogP contribution in [0.2, 0.25) is 0 Å². The number of fused-ring (bicyclic) bond motifs is 3. The first-order valence-electron chi connectivity index (χ1n) is 20.0. The molecule has 2 nitrogen and oxygen atoms in total. The fourth-order valence-electron chi connectivity index (χ4n) is 8.99. The van der Waals surface area contributed by atoms with E-state index < -0.39 is 0 Å². The van der Waals surface area contributed by atoms with Crippen LogP contribution in [0.5, 0.6) is 0 Å². The van der Waals surface area contributed by atoms with Crippen molar-refractivity contribution in [3.05, 3.63) is 223 Å². The van der Waals surface area contributed by atoms with Crippen molar-refractivity contribution in [1.29, 1.82) is 0 Å². The summed E-state index contributed by atoms with van der Waals surface area (Å²) < 4.78 is 2.46. The lowest BCUT2D eigenvalue weighted by atomic mass is 9.85. The maximum Gasteiger partial charge on any atom is 0.0537 e. The molecule has 0 fully saturated rings. The minimum absolute atomic E-state index is 0.254. The van der Waals surface area contributed by atoms with Crippen molar-refractivity contribution in [2.75, 3.05) is 4.90 Å². The van der Waals surface area contributed by atoms with E-state index in [1.165, 1.54) is 78.2 Å². The quantitative estimate of drug-likeness (QED) is 0.142. The molecule has 2 aliphatic carbocycles. The zero-order chi connectivity index (χ0) is 37.3. The lowest BCUT2D eigenvalue weighted by molar-refractivity contribution is 0.586. The third kappa shape index (κ3) is 6.48. The van der Waals surface area contributed by atoms with Crippen LogP contribution in [0.3, 0.4) is 0 Å². The van der Waals surface area contributed by atoms with Gasteiger partial charge in [0.15, 0.2) is 0 Å². The summed E-state index contributed by atoms with van der Waals surface area (Å²) in [4.78, 5) is 2.55. The van der Waals surface area contributed by atoms with Gasteiger partial charge in [-0.3, -0.25) is 0 Å². The second kappa shape index (κ2) is 14.9. The highest BCUT2D eigenvalue weighted by molar-refractivity contribution is 5.99. The summed E-state index contributed by atoms with van der Waals surface area (Å²) in [5.74, 6) is 0.414. The van der Waals surface area contributed by atoms with Gasteiger partial charge in [0.05, 0.1) is 11.6 Å². The Morgan fingerprint density at radius 2 is 0.982 bits per heavy atom. The number of allylic oxidation sites excluding steroid dienone is 2. The van der Waals surface area contributed by atoms with Crippen LogP contribution in [0.25, 0.3) is 50.5 Å². The summed E-state index contributed by atoms with van der Waals surface area (Å²) in [6.45, 7) is 0. The molecule has 2 unspecified atom stereocenters. The van der Waals surface area contributed by atoms with Crippen molar-refractivity contribution in [2.45, 2.75) is 37.6 Å². The molecule has 2 heteroatoms. The van der Waals surface area contributed by atoms with Crippen molar-refractivity contribution in [3.63, 3.8) is 0 Å². The highest BCUT2D eigenvalue weighted by atomic mass is 15.2. The smallest absolute Gasteiger partial charge is 0.0537 e. The normalized spacial score (nSPS) is 16.3. The van der Waals surface area contributed by atoms with Gasteiger partial charge in [-0.25, -0.2) is 0 Å². The van der Waals surface area contributed by atoms with Crippen LogP contribution in [0.4, 0.5) is 11.4 Å². The molecule has 0 saturated heterocycles. The lowest BCUT2D eigenvalue weighted by Crippen LogP contribution is -2.31. The summed E-state index contributed by atoms with van der Waals surface area (Å²) in [7, 11) is 0. The Hall–Kier alpha value is -6.64. The van der Waals surface area contributed by atoms with Gasteiger partial charge in [0.2, 0.25) is 0 Å². The zero-order valence-corrected chi connectivity index (χ0v) is 31.5. The van der Waals surface area contributed by atoms with E-state index in [2.05, 4.69) is 216 Å². The van der Waals surface area contributed by atoms with E-state index in [1.807, 2.05) is 0 Å². The second-order valence-corrected chi connectivity index (χ2v) is 15.2. The van der Waals surface area contributed by atoms with Gasteiger partial charge >= 0.3 is 0 Å². The van der Waals surface area contributed by atoms with Crippen LogP contribution in [0, 0.1) is 0 Å². The fourth-order valence-corrected chi connectivity index (χ4v) is 8.99. The van der Waals surface area contributed by atoms with Gasteiger partial charge in [-0.05, 0) is 113 Å². The maximum absolute atomic E-state index is 2.55. The van der Waals surface area contributed by atoms with Crippen LogP contribution in [-0.2, 0) is 6.42 Å². The SMILES string of the molecule is C1=CC(N(c2ccc(C3=Cc4c(n(-c5ccccc5)c5ccccc45)CC3)cc2)c2ccc(-c3ccccc3)cc2)CCC1c1ccc(-c2ccccc2)cc1. The Bertz CT molecular complexity index is 2650. The number of para-hydroxylation sites is 2. The summed E-state index contributed by atoms with van der Waals surface area (Å²) >= 11 is 0. The number of anilines is 2. The minimum Gasteiger partial charge on any atom is -0.335 e. The first-order valence-corrected chi connectivity index (χ1v) is 20.0. The molecular formula is C54H44N2. The van der Waals surface area contributed by atoms with E-state index in [0.717, 1.165) is 25.7 Å². The molecule has 56 heavy (non-hydrogen) atoms. The number of benzene rings is 7. The van der Waals surface area contributed by atoms with Crippen molar-refractivity contribution >= 4 is 33.9 Å². The average molecular weight is 721 g/mol. The third-order valence-electron chi connectivity index (χ3n) is 11.9. The van der Waals surface area contributed by atoms with Crippen LogP contribution in [-0.4, -0.2) is 10.6 Å². The van der Waals surface area contributed by atoms with Gasteiger partial charge in [0.25, 0.3) is 0 Å². The van der Waals surface area contributed by atoms with E-state index >= 15 is 0 Å². The summed E-state index contributed by atoms with van der Waals surface area (Å²) in [6, 6.07) is 68.9. The second-order valence-electron chi connectivity index (χ2n) is 15.2. The lowest BCUT2D eigenvalue weighted by Gasteiger charge is -2.35. The van der Waals surface area contributed by atoms with Crippen LogP contribution in [0.1, 0.15) is 47.6 Å². The average Bonchev–Trinajstić information content (AvgIpc) is 3.62. The highest BCUT2D eigenvalue weighted by Gasteiger charge is 2.26. The van der Waals surface area contributed by atoms with Gasteiger partial charge in [-0.15, -0.1) is 0 Å². The predicted molar refractivity (Wildman–Crippen MR) is 237 cm³/mol. The molecule has 2 aliphatic rings. The number of nitrogens with zero attached hydrogens (tertiary/aromatic N) is 2. The van der Waals surface area contributed by atoms with Crippen molar-refractivity contribution in [3.8, 4) is 27.9 Å². The highest BCUT2D eigenvalue weighted by Crippen LogP contribution is 2.41. The summed E-state index contributed by atoms with van der Waals surface area (Å²) in [6.07, 6.45) is 11.5. The van der Waals surface area contributed by atoms with Gasteiger partial charge in [0, 0.05) is 39.6 Å². The number of rotatable bonds is 8. The molecule has 10 rings (SSSR count). The first-order chi connectivity index (χ1) is 27.8. The Morgan fingerprint density at radius 3 is 1.59 bits per heavy atom. The van der Waals surface area contributed by atoms with E-state index in [1.54, 1.807) is 0 Å². The maximum atomic E-state index is 2.55. The van der Waals surface area contributed by atoms with Gasteiger partial charge in [-0.1, -0.05) is 158 Å². The summed E-state index contributed by atoms with van der Waals surface area (Å²) in [5.41, 5.74) is 16.8. The van der Waals surface area contributed by atoms with Crippen LogP contribution < -0.4 is 4.90 Å². The molecule has 0 aliphatic heterocycles. The van der Waals surface area contributed by atoms with Gasteiger partial charge in [0.1, 0.15) is 0 Å². The molecule has 0 N–H and O–H groups in total. The predicted octanol–water partition coefficient (Wildman–Crippen LogP) is 14.1. The monoisotopic (exact) mass is 720 g/mol. The molecule has 0 saturated carbocycles. The largest absolute Gasteiger partial charge is 0.335 e.